The first-order chi connectivity index (χ1) is 10.2. The number of carbonyl (C=O) groups excluding carboxylic acids is 1. The lowest BCUT2D eigenvalue weighted by Gasteiger charge is -1.97. The van der Waals surface area contributed by atoms with Gasteiger partial charge in [-0.3, -0.25) is 4.79 Å². The number of ketones is 1. The van der Waals surface area contributed by atoms with E-state index >= 15 is 0 Å². The van der Waals surface area contributed by atoms with Crippen LogP contribution in [-0.2, 0) is 6.42 Å². The molecule has 1 heterocycles. The molecule has 0 radical (unpaired) electrons. The van der Waals surface area contributed by atoms with Crippen LogP contribution in [-0.4, -0.2) is 16.0 Å². The van der Waals surface area contributed by atoms with Gasteiger partial charge in [0.1, 0.15) is 0 Å². The van der Waals surface area contributed by atoms with Gasteiger partial charge in [-0.2, -0.15) is 0 Å². The molecule has 2 aromatic carbocycles. The number of benzene rings is 2. The summed E-state index contributed by atoms with van der Waals surface area (Å²) in [4.78, 5) is 13.0. The summed E-state index contributed by atoms with van der Waals surface area (Å²) in [6.07, 6.45) is 0.489. The Morgan fingerprint density at radius 3 is 2.43 bits per heavy atom. The first-order valence-corrected chi connectivity index (χ1v) is 6.87. The summed E-state index contributed by atoms with van der Waals surface area (Å²) in [5, 5.41) is 7.75. The van der Waals surface area contributed by atoms with Crippen LogP contribution in [0.3, 0.4) is 0 Å². The minimum absolute atomic E-state index is 0.0158. The third-order valence-corrected chi connectivity index (χ3v) is 3.29. The van der Waals surface area contributed by atoms with E-state index in [0.29, 0.717) is 17.9 Å². The maximum atomic E-state index is 12.2. The van der Waals surface area contributed by atoms with E-state index in [4.69, 9.17) is 4.42 Å². The molecule has 5 heteroatoms. The van der Waals surface area contributed by atoms with Gasteiger partial charge in [-0.05, 0) is 17.7 Å². The smallest absolute Gasteiger partial charge is 0.289 e. The van der Waals surface area contributed by atoms with Gasteiger partial charge in [0.25, 0.3) is 5.89 Å². The Bertz CT molecular complexity index is 751. The highest BCUT2D eigenvalue weighted by atomic mass is 32.1. The first kappa shape index (κ1) is 13.6. The second kappa shape index (κ2) is 5.93. The van der Waals surface area contributed by atoms with E-state index < -0.39 is 0 Å². The first-order valence-electron chi connectivity index (χ1n) is 6.42. The van der Waals surface area contributed by atoms with Gasteiger partial charge in [-0.1, -0.05) is 42.5 Å². The molecule has 0 spiro atoms. The van der Waals surface area contributed by atoms with E-state index in [1.807, 2.05) is 30.3 Å². The molecule has 104 valence electrons. The summed E-state index contributed by atoms with van der Waals surface area (Å²) >= 11 is 4.23. The summed E-state index contributed by atoms with van der Waals surface area (Å²) in [5.41, 5.74) is 1.56. The number of rotatable bonds is 4. The van der Waals surface area contributed by atoms with Crippen molar-refractivity contribution < 1.29 is 9.21 Å². The molecule has 0 saturated heterocycles. The molecule has 4 nitrogen and oxygen atoms in total. The van der Waals surface area contributed by atoms with Crippen molar-refractivity contribution in [1.29, 1.82) is 0 Å². The van der Waals surface area contributed by atoms with Crippen LogP contribution in [0.2, 0.25) is 0 Å². The van der Waals surface area contributed by atoms with Crippen LogP contribution in [0.1, 0.15) is 27.7 Å². The SMILES string of the molecule is O=C(c1ccccc1)c1nnc(Cc2ccc(S)cc2)o1. The lowest BCUT2D eigenvalue weighted by Crippen LogP contribution is -2.01. The fraction of sp³-hybridized carbons (Fsp3) is 0.0625. The van der Waals surface area contributed by atoms with Crippen LogP contribution in [0.25, 0.3) is 0 Å². The monoisotopic (exact) mass is 296 g/mol. The fourth-order valence-electron chi connectivity index (χ4n) is 1.92. The molecule has 3 aromatic rings. The number of carbonyl (C=O) groups is 1. The van der Waals surface area contributed by atoms with Gasteiger partial charge in [-0.15, -0.1) is 22.8 Å². The van der Waals surface area contributed by atoms with Crippen molar-refractivity contribution in [2.24, 2.45) is 0 Å². The van der Waals surface area contributed by atoms with Crippen LogP contribution in [0, 0.1) is 0 Å². The van der Waals surface area contributed by atoms with Crippen LogP contribution >= 0.6 is 12.6 Å². The van der Waals surface area contributed by atoms with Crippen molar-refractivity contribution in [3.63, 3.8) is 0 Å². The molecule has 0 unspecified atom stereocenters. The minimum atomic E-state index is -0.264. The van der Waals surface area contributed by atoms with Crippen molar-refractivity contribution in [2.45, 2.75) is 11.3 Å². The third kappa shape index (κ3) is 3.20. The Morgan fingerprint density at radius 2 is 1.71 bits per heavy atom. The quantitative estimate of drug-likeness (QED) is 0.593. The number of thiol groups is 1. The average molecular weight is 296 g/mol. The summed E-state index contributed by atoms with van der Waals surface area (Å²) < 4.78 is 5.44. The Balaban J connectivity index is 1.77. The molecular weight excluding hydrogens is 284 g/mol. The Hall–Kier alpha value is -2.40. The highest BCUT2D eigenvalue weighted by molar-refractivity contribution is 7.80. The lowest BCUT2D eigenvalue weighted by molar-refractivity contribution is 0.100. The summed E-state index contributed by atoms with van der Waals surface area (Å²) in [6, 6.07) is 16.5. The van der Waals surface area contributed by atoms with Crippen LogP contribution in [0.4, 0.5) is 0 Å². The summed E-state index contributed by atoms with van der Waals surface area (Å²) in [6.45, 7) is 0. The van der Waals surface area contributed by atoms with E-state index in [1.165, 1.54) is 0 Å². The second-order valence-electron chi connectivity index (χ2n) is 4.54. The molecule has 0 aliphatic carbocycles. The molecule has 0 atom stereocenters. The number of hydrogen-bond donors (Lipinski definition) is 1. The molecule has 3 rings (SSSR count). The maximum Gasteiger partial charge on any atom is 0.289 e. The third-order valence-electron chi connectivity index (χ3n) is 2.99. The average Bonchev–Trinajstić information content (AvgIpc) is 2.98. The van der Waals surface area contributed by atoms with E-state index in [2.05, 4.69) is 22.8 Å². The summed E-state index contributed by atoms with van der Waals surface area (Å²) in [5.74, 6) is 0.170. The van der Waals surface area contributed by atoms with Gasteiger partial charge < -0.3 is 4.42 Å². The molecule has 0 aliphatic rings. The largest absolute Gasteiger partial charge is 0.418 e. The fourth-order valence-corrected chi connectivity index (χ4v) is 2.07. The molecule has 0 fully saturated rings. The summed E-state index contributed by atoms with van der Waals surface area (Å²) in [7, 11) is 0. The minimum Gasteiger partial charge on any atom is -0.418 e. The Labute approximate surface area is 127 Å². The van der Waals surface area contributed by atoms with Gasteiger partial charge in [0.2, 0.25) is 11.7 Å². The van der Waals surface area contributed by atoms with Gasteiger partial charge in [-0.25, -0.2) is 0 Å². The molecule has 0 bridgehead atoms. The van der Waals surface area contributed by atoms with E-state index in [1.54, 1.807) is 24.3 Å². The lowest BCUT2D eigenvalue weighted by atomic mass is 10.1. The molecule has 21 heavy (non-hydrogen) atoms. The van der Waals surface area contributed by atoms with Crippen LogP contribution in [0.15, 0.2) is 63.9 Å². The zero-order chi connectivity index (χ0) is 14.7. The van der Waals surface area contributed by atoms with Gasteiger partial charge in [0.05, 0.1) is 6.42 Å². The Morgan fingerprint density at radius 1 is 1.00 bits per heavy atom. The molecule has 1 aromatic heterocycles. The number of aromatic nitrogens is 2. The van der Waals surface area contributed by atoms with E-state index in [-0.39, 0.29) is 11.7 Å². The predicted octanol–water partition coefficient (Wildman–Crippen LogP) is 3.18. The normalized spacial score (nSPS) is 10.5. The Kier molecular flexibility index (Phi) is 3.83. The molecule has 0 aliphatic heterocycles. The van der Waals surface area contributed by atoms with Crippen molar-refractivity contribution in [3.05, 3.63) is 77.5 Å². The van der Waals surface area contributed by atoms with Crippen LogP contribution < -0.4 is 0 Å². The molecular formula is C16H12N2O2S. The molecule has 0 amide bonds. The van der Waals surface area contributed by atoms with Crippen LogP contribution in [0.5, 0.6) is 0 Å². The van der Waals surface area contributed by atoms with Gasteiger partial charge in [0, 0.05) is 10.5 Å². The molecule has 0 N–H and O–H groups in total. The molecule has 0 saturated carbocycles. The zero-order valence-corrected chi connectivity index (χ0v) is 12.0. The van der Waals surface area contributed by atoms with Crippen molar-refractivity contribution >= 4 is 18.4 Å². The highest BCUT2D eigenvalue weighted by Gasteiger charge is 2.16. The standard InChI is InChI=1S/C16H12N2O2S/c19-15(12-4-2-1-3-5-12)16-18-17-14(20-16)10-11-6-8-13(21)9-7-11/h1-9,21H,10H2. The van der Waals surface area contributed by atoms with Crippen molar-refractivity contribution in [3.8, 4) is 0 Å². The number of nitrogens with zero attached hydrogens (tertiary/aromatic N) is 2. The van der Waals surface area contributed by atoms with E-state index in [9.17, 15) is 4.79 Å². The van der Waals surface area contributed by atoms with E-state index in [0.717, 1.165) is 10.5 Å². The van der Waals surface area contributed by atoms with Crippen molar-refractivity contribution in [1.82, 2.24) is 10.2 Å². The highest BCUT2D eigenvalue weighted by Crippen LogP contribution is 2.13. The zero-order valence-electron chi connectivity index (χ0n) is 11.1. The topological polar surface area (TPSA) is 56.0 Å². The predicted molar refractivity (Wildman–Crippen MR) is 80.7 cm³/mol. The van der Waals surface area contributed by atoms with Gasteiger partial charge in [0.15, 0.2) is 0 Å². The second-order valence-corrected chi connectivity index (χ2v) is 5.06. The van der Waals surface area contributed by atoms with Gasteiger partial charge >= 0.3 is 0 Å². The van der Waals surface area contributed by atoms with Crippen molar-refractivity contribution in [2.75, 3.05) is 0 Å². The maximum absolute atomic E-state index is 12.2. The number of hydrogen-bond acceptors (Lipinski definition) is 5.